The molecular formula is C17H11N. The molecule has 1 nitrogen and oxygen atoms in total. The summed E-state index contributed by atoms with van der Waals surface area (Å²) in [6.07, 6.45) is 2.95. The van der Waals surface area contributed by atoms with E-state index in [0.29, 0.717) is 0 Å². The van der Waals surface area contributed by atoms with Crippen molar-refractivity contribution in [1.82, 2.24) is 0 Å². The van der Waals surface area contributed by atoms with E-state index in [0.717, 1.165) is 6.42 Å². The minimum absolute atomic E-state index is 0.0138. The highest BCUT2D eigenvalue weighted by Crippen LogP contribution is 2.30. The van der Waals surface area contributed by atoms with Gasteiger partial charge in [0.25, 0.3) is 0 Å². The zero-order valence-corrected chi connectivity index (χ0v) is 9.85. The molecule has 0 spiro atoms. The van der Waals surface area contributed by atoms with Gasteiger partial charge in [-0.25, -0.2) is 0 Å². The van der Waals surface area contributed by atoms with E-state index in [1.807, 2.05) is 0 Å². The fourth-order valence-electron chi connectivity index (χ4n) is 3.09. The zero-order valence-electron chi connectivity index (χ0n) is 9.85. The number of hydrogen-bond donors (Lipinski definition) is 0. The lowest BCUT2D eigenvalue weighted by Gasteiger charge is -2.17. The molecule has 1 aliphatic rings. The van der Waals surface area contributed by atoms with Gasteiger partial charge in [-0.1, -0.05) is 48.5 Å². The van der Waals surface area contributed by atoms with Crippen molar-refractivity contribution in [3.05, 3.63) is 53.2 Å². The molecule has 84 valence electrons. The van der Waals surface area contributed by atoms with E-state index in [-0.39, 0.29) is 5.92 Å². The predicted octanol–water partition coefficient (Wildman–Crippen LogP) is 3.19. The van der Waals surface area contributed by atoms with Gasteiger partial charge in [0, 0.05) is 0 Å². The van der Waals surface area contributed by atoms with E-state index in [1.165, 1.54) is 32.3 Å². The van der Waals surface area contributed by atoms with Gasteiger partial charge < -0.3 is 0 Å². The van der Waals surface area contributed by atoms with E-state index in [4.69, 9.17) is 5.26 Å². The average Bonchev–Trinajstić information content (AvgIpc) is 2.44. The monoisotopic (exact) mass is 229 g/mol. The lowest BCUT2D eigenvalue weighted by atomic mass is 9.86. The van der Waals surface area contributed by atoms with Gasteiger partial charge in [-0.15, -0.1) is 0 Å². The molecule has 0 radical (unpaired) electrons. The zero-order chi connectivity index (χ0) is 12.1. The van der Waals surface area contributed by atoms with Crippen LogP contribution < -0.4 is 5.22 Å². The molecule has 0 amide bonds. The summed E-state index contributed by atoms with van der Waals surface area (Å²) < 4.78 is 0. The molecule has 0 N–H and O–H groups in total. The number of rotatable bonds is 0. The maximum atomic E-state index is 9.14. The number of hydrogen-bond acceptors (Lipinski definition) is 1. The van der Waals surface area contributed by atoms with Crippen LogP contribution in [0.1, 0.15) is 5.56 Å². The highest BCUT2D eigenvalue weighted by molar-refractivity contribution is 6.11. The Morgan fingerprint density at radius 1 is 0.944 bits per heavy atom. The average molecular weight is 229 g/mol. The van der Waals surface area contributed by atoms with Gasteiger partial charge in [0.1, 0.15) is 0 Å². The van der Waals surface area contributed by atoms with Crippen LogP contribution in [0.4, 0.5) is 0 Å². The molecule has 0 heterocycles. The van der Waals surface area contributed by atoms with E-state index in [9.17, 15) is 0 Å². The second kappa shape index (κ2) is 3.34. The van der Waals surface area contributed by atoms with E-state index in [2.05, 4.69) is 54.6 Å². The Labute approximate surface area is 105 Å². The second-order valence-electron chi connectivity index (χ2n) is 4.94. The maximum Gasteiger partial charge on any atom is 0.0701 e. The number of nitriles is 1. The first-order valence-corrected chi connectivity index (χ1v) is 6.21. The fraction of sp³-hybridized carbons (Fsp3) is 0.118. The molecule has 18 heavy (non-hydrogen) atoms. The van der Waals surface area contributed by atoms with Crippen LogP contribution >= 0.6 is 0 Å². The van der Waals surface area contributed by atoms with E-state index < -0.39 is 0 Å². The highest BCUT2D eigenvalue weighted by atomic mass is 14.3. The first-order chi connectivity index (χ1) is 8.86. The van der Waals surface area contributed by atoms with Gasteiger partial charge in [-0.05, 0) is 38.7 Å². The van der Waals surface area contributed by atoms with E-state index in [1.54, 1.807) is 0 Å². The van der Waals surface area contributed by atoms with Crippen LogP contribution in [0.5, 0.6) is 0 Å². The SMILES string of the molecule is N#CC1C=c2ccc3cccc4ccc(c2c43)C1. The van der Waals surface area contributed by atoms with Crippen molar-refractivity contribution >= 4 is 27.6 Å². The Hall–Kier alpha value is -2.33. The molecule has 0 saturated heterocycles. The Morgan fingerprint density at radius 3 is 2.50 bits per heavy atom. The Kier molecular flexibility index (Phi) is 1.79. The third-order valence-electron chi connectivity index (χ3n) is 3.88. The molecule has 0 saturated carbocycles. The fourth-order valence-corrected chi connectivity index (χ4v) is 3.09. The quantitative estimate of drug-likeness (QED) is 0.580. The van der Waals surface area contributed by atoms with Crippen LogP contribution in [-0.4, -0.2) is 0 Å². The largest absolute Gasteiger partial charge is 0.198 e. The molecule has 0 bridgehead atoms. The molecule has 0 aromatic heterocycles. The molecule has 1 heteroatoms. The third-order valence-corrected chi connectivity index (χ3v) is 3.88. The molecule has 4 rings (SSSR count). The van der Waals surface area contributed by atoms with Crippen LogP contribution in [0.2, 0.25) is 0 Å². The van der Waals surface area contributed by atoms with Crippen LogP contribution in [0.25, 0.3) is 27.6 Å². The van der Waals surface area contributed by atoms with Crippen LogP contribution in [0.15, 0.2) is 42.5 Å². The smallest absolute Gasteiger partial charge is 0.0701 e. The van der Waals surface area contributed by atoms with Gasteiger partial charge in [0.15, 0.2) is 0 Å². The van der Waals surface area contributed by atoms with Crippen molar-refractivity contribution in [2.24, 2.45) is 5.92 Å². The van der Waals surface area contributed by atoms with Crippen molar-refractivity contribution in [1.29, 1.82) is 5.26 Å². The molecule has 0 fully saturated rings. The number of benzene rings is 3. The molecule has 1 atom stereocenters. The molecule has 1 aliphatic carbocycles. The molecule has 3 aromatic carbocycles. The third kappa shape index (κ3) is 1.15. The minimum atomic E-state index is 0.0138. The summed E-state index contributed by atoms with van der Waals surface area (Å²) in [5.74, 6) is 0.0138. The number of nitrogens with zero attached hydrogens (tertiary/aromatic N) is 1. The van der Waals surface area contributed by atoms with Crippen molar-refractivity contribution in [3.8, 4) is 6.07 Å². The summed E-state index contributed by atoms with van der Waals surface area (Å²) in [6, 6.07) is 17.4. The normalized spacial score (nSPS) is 17.6. The van der Waals surface area contributed by atoms with E-state index >= 15 is 0 Å². The first-order valence-electron chi connectivity index (χ1n) is 6.21. The molecule has 3 aromatic rings. The molecular weight excluding hydrogens is 218 g/mol. The van der Waals surface area contributed by atoms with Crippen LogP contribution in [0, 0.1) is 17.2 Å². The second-order valence-corrected chi connectivity index (χ2v) is 4.94. The van der Waals surface area contributed by atoms with Gasteiger partial charge in [-0.3, -0.25) is 0 Å². The summed E-state index contributed by atoms with van der Waals surface area (Å²) >= 11 is 0. The van der Waals surface area contributed by atoms with Crippen molar-refractivity contribution in [2.75, 3.05) is 0 Å². The highest BCUT2D eigenvalue weighted by Gasteiger charge is 2.16. The van der Waals surface area contributed by atoms with Crippen molar-refractivity contribution in [3.63, 3.8) is 0 Å². The summed E-state index contributed by atoms with van der Waals surface area (Å²) in [6.45, 7) is 0. The minimum Gasteiger partial charge on any atom is -0.198 e. The van der Waals surface area contributed by atoms with Gasteiger partial charge in [-0.2, -0.15) is 5.26 Å². The summed E-state index contributed by atoms with van der Waals surface area (Å²) in [5.41, 5.74) is 1.31. The van der Waals surface area contributed by atoms with Crippen LogP contribution in [-0.2, 0) is 6.42 Å². The van der Waals surface area contributed by atoms with Crippen LogP contribution in [0.3, 0.4) is 0 Å². The van der Waals surface area contributed by atoms with Crippen molar-refractivity contribution < 1.29 is 0 Å². The van der Waals surface area contributed by atoms with Crippen molar-refractivity contribution in [2.45, 2.75) is 6.42 Å². The topological polar surface area (TPSA) is 23.8 Å². The standard InChI is InChI=1S/C17H11N/c18-10-11-8-14-6-4-12-2-1-3-13-5-7-15(9-11)17(14)16(12)13/h1-8,11H,9H2. The predicted molar refractivity (Wildman–Crippen MR) is 73.9 cm³/mol. The van der Waals surface area contributed by atoms with Gasteiger partial charge >= 0.3 is 0 Å². The van der Waals surface area contributed by atoms with Gasteiger partial charge in [0.05, 0.1) is 12.0 Å². The summed E-state index contributed by atoms with van der Waals surface area (Å²) in [7, 11) is 0. The lowest BCUT2D eigenvalue weighted by molar-refractivity contribution is 0.857. The Bertz CT molecular complexity index is 852. The molecule has 0 aliphatic heterocycles. The lowest BCUT2D eigenvalue weighted by Crippen LogP contribution is -2.15. The molecule has 1 unspecified atom stereocenters. The Balaban J connectivity index is 2.30. The summed E-state index contributed by atoms with van der Waals surface area (Å²) in [5, 5.41) is 15.6. The summed E-state index contributed by atoms with van der Waals surface area (Å²) in [4.78, 5) is 0. The first kappa shape index (κ1) is 9.67. The maximum absolute atomic E-state index is 9.14. The Morgan fingerprint density at radius 2 is 1.72 bits per heavy atom. The van der Waals surface area contributed by atoms with Gasteiger partial charge in [0.2, 0.25) is 0 Å².